The van der Waals surface area contributed by atoms with E-state index in [2.05, 4.69) is 36.1 Å². The summed E-state index contributed by atoms with van der Waals surface area (Å²) in [7, 11) is 6.26. The summed E-state index contributed by atoms with van der Waals surface area (Å²) >= 11 is 0. The molecule has 0 bridgehead atoms. The fourth-order valence-electron chi connectivity index (χ4n) is 2.63. The van der Waals surface area contributed by atoms with Gasteiger partial charge in [0.15, 0.2) is 0 Å². The quantitative estimate of drug-likeness (QED) is 0.657. The molecule has 1 aliphatic rings. The summed E-state index contributed by atoms with van der Waals surface area (Å²) in [5.41, 5.74) is 0. The first-order chi connectivity index (χ1) is 8.65. The van der Waals surface area contributed by atoms with Crippen molar-refractivity contribution in [3.63, 3.8) is 0 Å². The topological polar surface area (TPSA) is 27.7 Å². The maximum absolute atomic E-state index is 5.05. The summed E-state index contributed by atoms with van der Waals surface area (Å²) in [5.74, 6) is 0. The molecule has 1 saturated heterocycles. The molecule has 0 aromatic heterocycles. The molecular weight excluding hydrogens is 226 g/mol. The van der Waals surface area contributed by atoms with Crippen molar-refractivity contribution in [2.24, 2.45) is 0 Å². The minimum atomic E-state index is 0.601. The van der Waals surface area contributed by atoms with Crippen molar-refractivity contribution >= 4 is 0 Å². The number of likely N-dealkylation sites (N-methyl/N-ethyl adjacent to an activating group) is 2. The molecule has 1 rings (SSSR count). The van der Waals surface area contributed by atoms with E-state index in [0.717, 1.165) is 32.2 Å². The average molecular weight is 257 g/mol. The second kappa shape index (κ2) is 8.86. The van der Waals surface area contributed by atoms with Crippen molar-refractivity contribution < 1.29 is 4.74 Å². The van der Waals surface area contributed by atoms with E-state index in [1.807, 2.05) is 0 Å². The van der Waals surface area contributed by atoms with Crippen LogP contribution in [0.3, 0.4) is 0 Å². The summed E-state index contributed by atoms with van der Waals surface area (Å²) in [5, 5.41) is 3.52. The van der Waals surface area contributed by atoms with Crippen LogP contribution in [0.1, 0.15) is 26.2 Å². The molecule has 1 aliphatic heterocycles. The van der Waals surface area contributed by atoms with Crippen LogP contribution in [0.25, 0.3) is 0 Å². The molecule has 2 atom stereocenters. The normalized spacial score (nSPS) is 23.5. The molecule has 0 amide bonds. The van der Waals surface area contributed by atoms with E-state index >= 15 is 0 Å². The Hall–Kier alpha value is -0.160. The van der Waals surface area contributed by atoms with Gasteiger partial charge in [-0.25, -0.2) is 0 Å². The highest BCUT2D eigenvalue weighted by atomic mass is 16.5. The van der Waals surface area contributed by atoms with Crippen LogP contribution in [0.5, 0.6) is 0 Å². The Balaban J connectivity index is 2.17. The molecule has 0 spiro atoms. The van der Waals surface area contributed by atoms with Crippen molar-refractivity contribution in [1.82, 2.24) is 15.1 Å². The predicted octanol–water partition coefficient (Wildman–Crippen LogP) is 1.03. The molecule has 0 aliphatic carbocycles. The number of ether oxygens (including phenoxy) is 1. The monoisotopic (exact) mass is 257 g/mol. The maximum atomic E-state index is 5.05. The second-order valence-electron chi connectivity index (χ2n) is 5.62. The number of nitrogens with one attached hydrogen (secondary N) is 1. The van der Waals surface area contributed by atoms with Crippen LogP contribution in [-0.2, 0) is 4.74 Å². The number of rotatable bonds is 8. The van der Waals surface area contributed by atoms with Crippen molar-refractivity contribution in [1.29, 1.82) is 0 Å². The van der Waals surface area contributed by atoms with Gasteiger partial charge in [-0.05, 0) is 53.4 Å². The third-order valence-corrected chi connectivity index (χ3v) is 4.01. The summed E-state index contributed by atoms with van der Waals surface area (Å²) in [6.45, 7) is 7.76. The molecule has 1 fully saturated rings. The van der Waals surface area contributed by atoms with Crippen LogP contribution < -0.4 is 5.32 Å². The average Bonchev–Trinajstić information content (AvgIpc) is 2.37. The number of hydrogen-bond acceptors (Lipinski definition) is 4. The smallest absolute Gasteiger partial charge is 0.0474 e. The lowest BCUT2D eigenvalue weighted by atomic mass is 10.0. The number of hydrogen-bond donors (Lipinski definition) is 1. The lowest BCUT2D eigenvalue weighted by Crippen LogP contribution is -2.50. The van der Waals surface area contributed by atoms with Crippen LogP contribution in [0.2, 0.25) is 0 Å². The van der Waals surface area contributed by atoms with Crippen molar-refractivity contribution in [3.05, 3.63) is 0 Å². The molecule has 0 saturated carbocycles. The zero-order valence-electron chi connectivity index (χ0n) is 12.6. The van der Waals surface area contributed by atoms with Crippen LogP contribution in [0, 0.1) is 0 Å². The van der Waals surface area contributed by atoms with E-state index < -0.39 is 0 Å². The fraction of sp³-hybridized carbons (Fsp3) is 1.00. The van der Waals surface area contributed by atoms with Crippen molar-refractivity contribution in [2.75, 3.05) is 54.0 Å². The van der Waals surface area contributed by atoms with Gasteiger partial charge in [0.1, 0.15) is 0 Å². The van der Waals surface area contributed by atoms with Gasteiger partial charge in [0.25, 0.3) is 0 Å². The highest BCUT2D eigenvalue weighted by molar-refractivity contribution is 4.81. The number of methoxy groups -OCH3 is 1. The first-order valence-electron chi connectivity index (χ1n) is 7.25. The molecular formula is C14H31N3O. The molecule has 4 heteroatoms. The van der Waals surface area contributed by atoms with Gasteiger partial charge >= 0.3 is 0 Å². The van der Waals surface area contributed by atoms with Crippen molar-refractivity contribution in [2.45, 2.75) is 38.3 Å². The third kappa shape index (κ3) is 5.65. The molecule has 1 N–H and O–H groups in total. The van der Waals surface area contributed by atoms with Gasteiger partial charge in [0, 0.05) is 38.9 Å². The number of piperidine rings is 1. The maximum Gasteiger partial charge on any atom is 0.0474 e. The van der Waals surface area contributed by atoms with Gasteiger partial charge in [0.05, 0.1) is 0 Å². The van der Waals surface area contributed by atoms with Crippen LogP contribution >= 0.6 is 0 Å². The van der Waals surface area contributed by atoms with Crippen LogP contribution in [0.15, 0.2) is 0 Å². The van der Waals surface area contributed by atoms with Gasteiger partial charge in [-0.1, -0.05) is 0 Å². The predicted molar refractivity (Wildman–Crippen MR) is 77.1 cm³/mol. The Kier molecular flexibility index (Phi) is 7.82. The summed E-state index contributed by atoms with van der Waals surface area (Å²) < 4.78 is 5.05. The van der Waals surface area contributed by atoms with Crippen LogP contribution in [0.4, 0.5) is 0 Å². The minimum absolute atomic E-state index is 0.601. The van der Waals surface area contributed by atoms with Gasteiger partial charge in [-0.2, -0.15) is 0 Å². The highest BCUT2D eigenvalue weighted by Gasteiger charge is 2.23. The standard InChI is InChI=1S/C14H31N3O/c1-13(11-15-8-6-10-18-4)17(3)14-7-5-9-16(2)12-14/h13-15H,5-12H2,1-4H3. The molecule has 108 valence electrons. The highest BCUT2D eigenvalue weighted by Crippen LogP contribution is 2.15. The largest absolute Gasteiger partial charge is 0.385 e. The van der Waals surface area contributed by atoms with Crippen LogP contribution in [-0.4, -0.2) is 75.9 Å². The molecule has 0 aromatic carbocycles. The second-order valence-corrected chi connectivity index (χ2v) is 5.62. The summed E-state index contributed by atoms with van der Waals surface area (Å²) in [6, 6.07) is 1.32. The van der Waals surface area contributed by atoms with E-state index in [4.69, 9.17) is 4.74 Å². The van der Waals surface area contributed by atoms with Gasteiger partial charge < -0.3 is 15.0 Å². The van der Waals surface area contributed by atoms with E-state index in [1.165, 1.54) is 25.9 Å². The zero-order chi connectivity index (χ0) is 13.4. The lowest BCUT2D eigenvalue weighted by molar-refractivity contribution is 0.104. The Morgan fingerprint density at radius 1 is 1.50 bits per heavy atom. The molecule has 0 aromatic rings. The van der Waals surface area contributed by atoms with Gasteiger partial charge in [-0.3, -0.25) is 4.90 Å². The Morgan fingerprint density at radius 3 is 2.94 bits per heavy atom. The van der Waals surface area contributed by atoms with E-state index in [1.54, 1.807) is 7.11 Å². The van der Waals surface area contributed by atoms with E-state index in [9.17, 15) is 0 Å². The summed E-state index contributed by atoms with van der Waals surface area (Å²) in [6.07, 6.45) is 3.77. The molecule has 0 radical (unpaired) electrons. The molecule has 18 heavy (non-hydrogen) atoms. The molecule has 1 heterocycles. The third-order valence-electron chi connectivity index (χ3n) is 4.01. The Labute approximate surface area is 113 Å². The Bertz CT molecular complexity index is 213. The van der Waals surface area contributed by atoms with Gasteiger partial charge in [-0.15, -0.1) is 0 Å². The minimum Gasteiger partial charge on any atom is -0.385 e. The SMILES string of the molecule is COCCCNCC(C)N(C)C1CCCN(C)C1. The molecule has 2 unspecified atom stereocenters. The number of likely N-dealkylation sites (tertiary alicyclic amines) is 1. The zero-order valence-corrected chi connectivity index (χ0v) is 12.6. The fourth-order valence-corrected chi connectivity index (χ4v) is 2.63. The number of nitrogens with zero attached hydrogens (tertiary/aromatic N) is 2. The molecule has 4 nitrogen and oxygen atoms in total. The van der Waals surface area contributed by atoms with Gasteiger partial charge in [0.2, 0.25) is 0 Å². The summed E-state index contributed by atoms with van der Waals surface area (Å²) in [4.78, 5) is 4.99. The lowest BCUT2D eigenvalue weighted by Gasteiger charge is -2.39. The first kappa shape index (κ1) is 15.9. The van der Waals surface area contributed by atoms with E-state index in [-0.39, 0.29) is 0 Å². The first-order valence-corrected chi connectivity index (χ1v) is 7.25. The Morgan fingerprint density at radius 2 is 2.28 bits per heavy atom. The van der Waals surface area contributed by atoms with E-state index in [0.29, 0.717) is 6.04 Å². The van der Waals surface area contributed by atoms with Crippen molar-refractivity contribution in [3.8, 4) is 0 Å².